The summed E-state index contributed by atoms with van der Waals surface area (Å²) in [5, 5.41) is 38.0. The van der Waals surface area contributed by atoms with Crippen molar-refractivity contribution >= 4 is 65.5 Å². The molecule has 20 heteroatoms. The molecule has 5 atom stereocenters. The summed E-state index contributed by atoms with van der Waals surface area (Å²) in [5.41, 5.74) is 7.36. The van der Waals surface area contributed by atoms with Crippen molar-refractivity contribution in [1.82, 2.24) is 20.6 Å². The lowest BCUT2D eigenvalue weighted by Gasteiger charge is -2.31. The van der Waals surface area contributed by atoms with Gasteiger partial charge in [-0.1, -0.05) is 66.2 Å². The fourth-order valence-electron chi connectivity index (χ4n) is 12.3. The molecular formula is C63H63N10O6S4+. The quantitative estimate of drug-likeness (QED) is 0.116. The maximum absolute atomic E-state index is 14.7. The molecule has 2 aliphatic heterocycles. The third-order valence-corrected chi connectivity index (χ3v) is 23.2. The molecule has 6 aromatic rings. The van der Waals surface area contributed by atoms with Crippen LogP contribution in [0.2, 0.25) is 0 Å². The lowest BCUT2D eigenvalue weighted by molar-refractivity contribution is -0.128. The number of carbonyl (C=O) groups is 2. The van der Waals surface area contributed by atoms with Crippen molar-refractivity contribution < 1.29 is 26.4 Å². The van der Waals surface area contributed by atoms with Crippen molar-refractivity contribution in [1.29, 1.82) is 15.8 Å². The summed E-state index contributed by atoms with van der Waals surface area (Å²) in [6.07, 6.45) is 7.33. The summed E-state index contributed by atoms with van der Waals surface area (Å²) in [7, 11) is -6.12. The van der Waals surface area contributed by atoms with E-state index in [9.17, 15) is 42.2 Å². The Morgan fingerprint density at radius 3 is 1.71 bits per heavy atom. The zero-order chi connectivity index (χ0) is 57.7. The average molecular weight is 1180 g/mol. The zero-order valence-corrected chi connectivity index (χ0v) is 49.4. The molecule has 0 bridgehead atoms. The number of nitrogens with zero attached hydrogens (tertiary/aromatic N) is 8. The third kappa shape index (κ3) is 12.0. The minimum absolute atomic E-state index is 0.0987. The number of sulfone groups is 2. The van der Waals surface area contributed by atoms with Gasteiger partial charge in [0.05, 0.1) is 73.8 Å². The third-order valence-electron chi connectivity index (χ3n) is 17.6. The van der Waals surface area contributed by atoms with E-state index in [0.717, 1.165) is 84.6 Å². The lowest BCUT2D eigenvalue weighted by Crippen LogP contribution is -2.44. The summed E-state index contributed by atoms with van der Waals surface area (Å²) >= 11 is 3.05. The van der Waals surface area contributed by atoms with Gasteiger partial charge in [0.1, 0.15) is 26.7 Å². The van der Waals surface area contributed by atoms with Gasteiger partial charge in [-0.15, -0.1) is 22.7 Å². The van der Waals surface area contributed by atoms with Crippen LogP contribution in [0.15, 0.2) is 91.0 Å². The van der Waals surface area contributed by atoms with E-state index in [1.54, 1.807) is 11.3 Å². The first-order valence-corrected chi connectivity index (χ1v) is 34.0. The summed E-state index contributed by atoms with van der Waals surface area (Å²) in [5.74, 6) is -1.37. The number of thiazole rings is 2. The second-order valence-electron chi connectivity index (χ2n) is 23.4. The van der Waals surface area contributed by atoms with E-state index in [-0.39, 0.29) is 58.6 Å². The van der Waals surface area contributed by atoms with Crippen LogP contribution in [-0.4, -0.2) is 105 Å². The number of rotatable bonds is 12. The van der Waals surface area contributed by atoms with Gasteiger partial charge in [-0.05, 0) is 111 Å². The largest absolute Gasteiger partial charge is 0.369 e. The summed E-state index contributed by atoms with van der Waals surface area (Å²) in [6, 6.07) is 40.0. The predicted octanol–water partition coefficient (Wildman–Crippen LogP) is 10.2. The van der Waals surface area contributed by atoms with E-state index >= 15 is 0 Å². The van der Waals surface area contributed by atoms with Gasteiger partial charge in [0.25, 0.3) is 6.04 Å². The van der Waals surface area contributed by atoms with Gasteiger partial charge in [0.15, 0.2) is 19.7 Å². The minimum Gasteiger partial charge on any atom is -0.369 e. The van der Waals surface area contributed by atoms with Crippen LogP contribution >= 0.6 is 22.7 Å². The van der Waals surface area contributed by atoms with E-state index in [0.29, 0.717) is 93.7 Å². The molecule has 4 aliphatic carbocycles. The highest BCUT2D eigenvalue weighted by Gasteiger charge is 2.50. The van der Waals surface area contributed by atoms with Crippen LogP contribution in [0.3, 0.4) is 0 Å². The maximum Gasteiger partial charge on any atom is 0.311 e. The van der Waals surface area contributed by atoms with Gasteiger partial charge in [-0.2, -0.15) is 15.8 Å². The van der Waals surface area contributed by atoms with E-state index < -0.39 is 36.7 Å². The van der Waals surface area contributed by atoms with Crippen molar-refractivity contribution in [3.05, 3.63) is 124 Å². The number of amides is 2. The molecular weight excluding hydrogens is 1120 g/mol. The Morgan fingerprint density at radius 2 is 1.16 bits per heavy atom. The smallest absolute Gasteiger partial charge is 0.311 e. The Hall–Kier alpha value is -7.46. The Balaban J connectivity index is 0.852. The molecule has 2 aromatic heterocycles. The second kappa shape index (κ2) is 22.6. The SMILES string of the molecule is Cc1ccc(-c2nc(C3CCC([N+]#Cc4cccc(-c5nc(C6CCCCC6C(=O)NC6(C#N)CC6)c(-c6ccc(N7CCS(=O)(=O)CC7)cc6)s5)c4)CC3C(=O)NC3(C#N)CC3)c(-c3ccc(N4CCS(=O)(=O)CC4)cc3)s2)c(C#N)c1. The fraction of sp³-hybridized carbons (Fsp3) is 0.429. The van der Waals surface area contributed by atoms with Gasteiger partial charge in [-0.25, -0.2) is 26.8 Å². The molecule has 12 rings (SSSR count). The topological polar surface area (TPSA) is 234 Å². The van der Waals surface area contributed by atoms with E-state index in [4.69, 9.17) is 14.8 Å². The minimum atomic E-state index is -3.07. The highest BCUT2D eigenvalue weighted by atomic mass is 32.2. The number of carbonyl (C=O) groups excluding carboxylic acids is 2. The highest BCUT2D eigenvalue weighted by molar-refractivity contribution is 7.91. The molecule has 4 aromatic carbocycles. The molecule has 4 heterocycles. The van der Waals surface area contributed by atoms with E-state index in [1.807, 2.05) is 85.8 Å². The number of nitriles is 3. The number of aromatic nitrogens is 2. The fourth-order valence-corrected chi connectivity index (χ4v) is 17.0. The van der Waals surface area contributed by atoms with Crippen LogP contribution in [0.1, 0.15) is 111 Å². The van der Waals surface area contributed by atoms with Gasteiger partial charge in [-0.3, -0.25) is 9.59 Å². The molecule has 16 nitrogen and oxygen atoms in total. The Labute approximate surface area is 492 Å². The van der Waals surface area contributed by atoms with Gasteiger partial charge in [0.2, 0.25) is 11.8 Å². The molecule has 6 fully saturated rings. The maximum atomic E-state index is 14.7. The highest BCUT2D eigenvalue weighted by Crippen LogP contribution is 2.50. The van der Waals surface area contributed by atoms with Gasteiger partial charge < -0.3 is 20.4 Å². The van der Waals surface area contributed by atoms with E-state index in [1.165, 1.54) is 11.3 Å². The molecule has 6 aliphatic rings. The standard InChI is InChI=1S/C63H62N10O6S4/c1-40-9-19-49(45(33-40)36-64)61-69-55(57(81-61)43-12-17-48(18-13-43)73-27-31-83(78,79)32-28-73)51-20-14-46(35-53(51)59(75)71-63(39-66)23-24-63)67-37-41-5-4-6-44(34-41)60-68-54(50-7-2-3-8-52(50)58(74)70-62(38-65)21-22-62)56(80-60)42-10-15-47(16-11-42)72-25-29-82(76,77)30-26-72/h4-6,9-13,15-19,33-34,46,50-53H,2-3,7-8,14,20-32,35H2,1H3,(H-,70,71,74,75)/p+1. The lowest BCUT2D eigenvalue weighted by atomic mass is 9.74. The predicted molar refractivity (Wildman–Crippen MR) is 324 cm³/mol. The first-order valence-electron chi connectivity index (χ1n) is 28.7. The molecule has 5 unspecified atom stereocenters. The van der Waals surface area contributed by atoms with Crippen molar-refractivity contribution in [3.63, 3.8) is 0 Å². The summed E-state index contributed by atoms with van der Waals surface area (Å²) in [4.78, 5) is 50.6. The molecule has 0 radical (unpaired) electrons. The normalized spacial score (nSPS) is 23.7. The Morgan fingerprint density at radius 1 is 0.627 bits per heavy atom. The first kappa shape index (κ1) is 56.0. The van der Waals surface area contributed by atoms with Crippen LogP contribution in [0, 0.1) is 58.8 Å². The Bertz CT molecular complexity index is 3940. The first-order chi connectivity index (χ1) is 40.0. The number of aryl methyl sites for hydroxylation is 1. The molecule has 0 spiro atoms. The average Bonchev–Trinajstić information content (AvgIpc) is 4.41. The number of anilines is 2. The zero-order valence-electron chi connectivity index (χ0n) is 46.1. The summed E-state index contributed by atoms with van der Waals surface area (Å²) < 4.78 is 49.0. The van der Waals surface area contributed by atoms with Crippen molar-refractivity contribution in [3.8, 4) is 66.3 Å². The monoisotopic (exact) mass is 1180 g/mol. The van der Waals surface area contributed by atoms with Crippen LogP contribution in [0.5, 0.6) is 0 Å². The van der Waals surface area contributed by atoms with Crippen LogP contribution in [0.25, 0.3) is 46.9 Å². The molecule has 4 saturated carbocycles. The van der Waals surface area contributed by atoms with Crippen LogP contribution < -0.4 is 20.4 Å². The Kier molecular flexibility index (Phi) is 15.3. The number of hydrogen-bond donors (Lipinski definition) is 2. The van der Waals surface area contributed by atoms with E-state index in [2.05, 4.69) is 56.8 Å². The number of benzene rings is 4. The molecule has 2 saturated heterocycles. The van der Waals surface area contributed by atoms with Crippen molar-refractivity contribution in [2.24, 2.45) is 11.8 Å². The number of hydrogen-bond acceptors (Lipinski definition) is 15. The van der Waals surface area contributed by atoms with Gasteiger partial charge in [0, 0.05) is 79.3 Å². The molecule has 424 valence electrons. The summed E-state index contributed by atoms with van der Waals surface area (Å²) in [6.45, 7) is 3.64. The van der Waals surface area contributed by atoms with Crippen LogP contribution in [0.4, 0.5) is 11.4 Å². The molecule has 83 heavy (non-hydrogen) atoms. The molecule has 2 amide bonds. The number of nitrogens with one attached hydrogen (secondary N) is 2. The van der Waals surface area contributed by atoms with Crippen LogP contribution in [-0.2, 0) is 29.3 Å². The van der Waals surface area contributed by atoms with Crippen molar-refractivity contribution in [2.45, 2.75) is 107 Å². The van der Waals surface area contributed by atoms with Crippen molar-refractivity contribution in [2.75, 3.05) is 59.0 Å². The van der Waals surface area contributed by atoms with Gasteiger partial charge >= 0.3 is 6.07 Å². The molecule has 2 N–H and O–H groups in total. The second-order valence-corrected chi connectivity index (χ2v) is 30.0.